The maximum absolute atomic E-state index is 4.82. The van der Waals surface area contributed by atoms with E-state index in [0.29, 0.717) is 0 Å². The maximum atomic E-state index is 4.82. The highest BCUT2D eigenvalue weighted by atomic mass is 15.1. The van der Waals surface area contributed by atoms with Gasteiger partial charge in [-0.05, 0) is 47.5 Å². The van der Waals surface area contributed by atoms with Crippen LogP contribution in [0.15, 0.2) is 73.3 Å². The largest absolute Gasteiger partial charge is 0.353 e. The van der Waals surface area contributed by atoms with Gasteiger partial charge in [-0.15, -0.1) is 0 Å². The molecule has 7 nitrogen and oxygen atoms in total. The summed E-state index contributed by atoms with van der Waals surface area (Å²) in [6.45, 7) is 0. The fourth-order valence-corrected chi connectivity index (χ4v) is 3.70. The average molecular weight is 377 g/mol. The number of nitrogens with one attached hydrogen (secondary N) is 3. The minimum absolute atomic E-state index is 0.794. The first-order valence-corrected chi connectivity index (χ1v) is 9.23. The molecule has 0 aliphatic carbocycles. The first-order chi connectivity index (χ1) is 14.4. The third-order valence-electron chi connectivity index (χ3n) is 5.11. The molecule has 7 heteroatoms. The van der Waals surface area contributed by atoms with Gasteiger partial charge in [0.2, 0.25) is 0 Å². The molecular weight excluding hydrogens is 362 g/mol. The second kappa shape index (κ2) is 6.13. The highest BCUT2D eigenvalue weighted by Gasteiger charge is 2.15. The Morgan fingerprint density at radius 2 is 1.79 bits per heavy atom. The summed E-state index contributed by atoms with van der Waals surface area (Å²) < 4.78 is 0. The number of aromatic nitrogens is 7. The Balaban J connectivity index is 1.54. The van der Waals surface area contributed by atoms with Gasteiger partial charge in [-0.3, -0.25) is 15.2 Å². The van der Waals surface area contributed by atoms with E-state index in [0.717, 1.165) is 55.7 Å². The van der Waals surface area contributed by atoms with Crippen molar-refractivity contribution in [3.8, 4) is 33.8 Å². The minimum Gasteiger partial charge on any atom is -0.353 e. The van der Waals surface area contributed by atoms with E-state index in [1.165, 1.54) is 0 Å². The number of nitrogens with zero attached hydrogens (tertiary/aromatic N) is 4. The summed E-state index contributed by atoms with van der Waals surface area (Å²) in [7, 11) is 0. The highest BCUT2D eigenvalue weighted by molar-refractivity contribution is 6.00. The molecule has 3 N–H and O–H groups in total. The Morgan fingerprint density at radius 1 is 0.862 bits per heavy atom. The predicted octanol–water partition coefficient (Wildman–Crippen LogP) is 4.56. The van der Waals surface area contributed by atoms with Crippen LogP contribution >= 0.6 is 0 Å². The lowest BCUT2D eigenvalue weighted by molar-refractivity contribution is 1.09. The van der Waals surface area contributed by atoms with Crippen molar-refractivity contribution in [3.63, 3.8) is 0 Å². The van der Waals surface area contributed by atoms with Crippen LogP contribution in [0.5, 0.6) is 0 Å². The van der Waals surface area contributed by atoms with Crippen LogP contribution in [0, 0.1) is 0 Å². The van der Waals surface area contributed by atoms with E-state index >= 15 is 0 Å². The van der Waals surface area contributed by atoms with Crippen LogP contribution in [0.2, 0.25) is 0 Å². The van der Waals surface area contributed by atoms with Crippen molar-refractivity contribution in [3.05, 3.63) is 73.3 Å². The second-order valence-electron chi connectivity index (χ2n) is 6.84. The molecule has 0 atom stereocenters. The van der Waals surface area contributed by atoms with E-state index in [9.17, 15) is 0 Å². The van der Waals surface area contributed by atoms with Crippen LogP contribution < -0.4 is 0 Å². The van der Waals surface area contributed by atoms with Gasteiger partial charge in [-0.2, -0.15) is 10.2 Å². The molecule has 0 spiro atoms. The number of aromatic amines is 3. The first-order valence-electron chi connectivity index (χ1n) is 9.23. The number of rotatable bonds is 3. The van der Waals surface area contributed by atoms with Gasteiger partial charge in [0.1, 0.15) is 11.2 Å². The molecule has 29 heavy (non-hydrogen) atoms. The zero-order valence-electron chi connectivity index (χ0n) is 15.2. The Hall–Kier alpha value is -4.26. The summed E-state index contributed by atoms with van der Waals surface area (Å²) in [6, 6.07) is 16.4. The molecule has 5 heterocycles. The van der Waals surface area contributed by atoms with Gasteiger partial charge in [0, 0.05) is 35.1 Å². The quantitative estimate of drug-likeness (QED) is 0.421. The lowest BCUT2D eigenvalue weighted by Gasteiger charge is -2.02. The molecule has 1 aromatic carbocycles. The fourth-order valence-electron chi connectivity index (χ4n) is 3.70. The van der Waals surface area contributed by atoms with Crippen molar-refractivity contribution in [2.45, 2.75) is 0 Å². The van der Waals surface area contributed by atoms with E-state index in [1.807, 2.05) is 42.9 Å². The average Bonchev–Trinajstić information content (AvgIpc) is 3.52. The molecule has 138 valence electrons. The van der Waals surface area contributed by atoms with E-state index in [1.54, 1.807) is 6.20 Å². The Kier molecular flexibility index (Phi) is 3.33. The lowest BCUT2D eigenvalue weighted by Crippen LogP contribution is -1.84. The smallest absolute Gasteiger partial charge is 0.135 e. The van der Waals surface area contributed by atoms with Gasteiger partial charge in [-0.25, -0.2) is 4.98 Å². The summed E-state index contributed by atoms with van der Waals surface area (Å²) in [5.74, 6) is 0. The fraction of sp³-hybridized carbons (Fsp3) is 0. The van der Waals surface area contributed by atoms with E-state index in [-0.39, 0.29) is 0 Å². The Labute approximate surface area is 164 Å². The number of hydrogen-bond acceptors (Lipinski definition) is 4. The molecule has 6 rings (SSSR count). The molecule has 0 unspecified atom stereocenters. The summed E-state index contributed by atoms with van der Waals surface area (Å²) in [5, 5.41) is 15.6. The van der Waals surface area contributed by atoms with Crippen molar-refractivity contribution in [1.29, 1.82) is 0 Å². The van der Waals surface area contributed by atoms with Crippen molar-refractivity contribution in [2.24, 2.45) is 0 Å². The number of hydrogen-bond donors (Lipinski definition) is 3. The number of pyridine rings is 2. The Morgan fingerprint density at radius 3 is 2.66 bits per heavy atom. The topological polar surface area (TPSA) is 98.9 Å². The van der Waals surface area contributed by atoms with Gasteiger partial charge in [0.05, 0.1) is 23.1 Å². The third-order valence-corrected chi connectivity index (χ3v) is 5.11. The molecule has 0 radical (unpaired) electrons. The first kappa shape index (κ1) is 15.8. The molecule has 0 bridgehead atoms. The highest BCUT2D eigenvalue weighted by Crippen LogP contribution is 2.33. The zero-order chi connectivity index (χ0) is 19.2. The van der Waals surface area contributed by atoms with Crippen LogP contribution in [0.25, 0.3) is 55.7 Å². The second-order valence-corrected chi connectivity index (χ2v) is 6.84. The van der Waals surface area contributed by atoms with Gasteiger partial charge in [0.15, 0.2) is 0 Å². The maximum Gasteiger partial charge on any atom is 0.135 e. The van der Waals surface area contributed by atoms with Gasteiger partial charge in [-0.1, -0.05) is 12.1 Å². The van der Waals surface area contributed by atoms with E-state index in [2.05, 4.69) is 54.6 Å². The third kappa shape index (κ3) is 2.52. The van der Waals surface area contributed by atoms with E-state index in [4.69, 9.17) is 4.98 Å². The predicted molar refractivity (Wildman–Crippen MR) is 112 cm³/mol. The standard InChI is InChI=1S/C22H15N7/c1-2-15(13-6-8-23-9-7-13)16-10-20(26-18(16)3-1)22-21-19(28-29-22)5-4-17(27-21)14-11-24-25-12-14/h1-12,26H,(H,24,25)(H,28,29). The molecule has 0 amide bonds. The molecule has 5 aromatic heterocycles. The van der Waals surface area contributed by atoms with Crippen LogP contribution in [-0.2, 0) is 0 Å². The van der Waals surface area contributed by atoms with Crippen LogP contribution in [0.4, 0.5) is 0 Å². The van der Waals surface area contributed by atoms with Crippen molar-refractivity contribution >= 4 is 21.9 Å². The number of fused-ring (bicyclic) bond motifs is 2. The molecule has 0 saturated heterocycles. The van der Waals surface area contributed by atoms with Crippen molar-refractivity contribution in [2.75, 3.05) is 0 Å². The lowest BCUT2D eigenvalue weighted by atomic mass is 10.0. The van der Waals surface area contributed by atoms with Crippen LogP contribution in [0.1, 0.15) is 0 Å². The van der Waals surface area contributed by atoms with Crippen molar-refractivity contribution in [1.82, 2.24) is 35.3 Å². The minimum atomic E-state index is 0.794. The van der Waals surface area contributed by atoms with Crippen LogP contribution in [-0.4, -0.2) is 35.3 Å². The molecule has 0 fully saturated rings. The molecule has 0 aliphatic rings. The normalized spacial score (nSPS) is 11.4. The molecular formula is C22H15N7. The SMILES string of the molecule is c1cc(-c2ccncc2)c2cc(-c3n[nH]c4ccc(-c5cn[nH]c5)nc34)[nH]c2c1. The summed E-state index contributed by atoms with van der Waals surface area (Å²) >= 11 is 0. The molecule has 6 aromatic rings. The summed E-state index contributed by atoms with van der Waals surface area (Å²) in [5.41, 5.74) is 8.55. The van der Waals surface area contributed by atoms with Crippen molar-refractivity contribution < 1.29 is 0 Å². The summed E-state index contributed by atoms with van der Waals surface area (Å²) in [6.07, 6.45) is 7.21. The summed E-state index contributed by atoms with van der Waals surface area (Å²) in [4.78, 5) is 12.4. The molecule has 0 aliphatic heterocycles. The number of benzene rings is 1. The number of H-pyrrole nitrogens is 3. The van der Waals surface area contributed by atoms with Gasteiger partial charge >= 0.3 is 0 Å². The van der Waals surface area contributed by atoms with Crippen LogP contribution in [0.3, 0.4) is 0 Å². The van der Waals surface area contributed by atoms with Gasteiger partial charge in [0.25, 0.3) is 0 Å². The zero-order valence-corrected chi connectivity index (χ0v) is 15.2. The molecule has 0 saturated carbocycles. The van der Waals surface area contributed by atoms with E-state index < -0.39 is 0 Å². The monoisotopic (exact) mass is 377 g/mol. The van der Waals surface area contributed by atoms with Gasteiger partial charge < -0.3 is 4.98 Å². The Bertz CT molecular complexity index is 1440.